The minimum absolute atomic E-state index is 0.464. The lowest BCUT2D eigenvalue weighted by atomic mass is 10.2. The van der Waals surface area contributed by atoms with Crippen LogP contribution in [0.5, 0.6) is 0 Å². The topological polar surface area (TPSA) is 53.6 Å². The van der Waals surface area contributed by atoms with Crippen LogP contribution in [0.3, 0.4) is 0 Å². The quantitative estimate of drug-likeness (QED) is 0.511. The fourth-order valence-corrected chi connectivity index (χ4v) is 3.08. The van der Waals surface area contributed by atoms with Gasteiger partial charge in [-0.15, -0.1) is 11.3 Å². The Morgan fingerprint density at radius 2 is 1.84 bits per heavy atom. The SMILES string of the molecule is FC(F)(F)c1ccc(Nc2nc3ccc(-c4nccs4)cc3[nH]2)cc1. The summed E-state index contributed by atoms with van der Waals surface area (Å²) < 4.78 is 37.8. The Morgan fingerprint density at radius 1 is 1.04 bits per heavy atom. The van der Waals surface area contributed by atoms with Crippen LogP contribution in [0.1, 0.15) is 5.56 Å². The van der Waals surface area contributed by atoms with Gasteiger partial charge in [0, 0.05) is 22.8 Å². The zero-order valence-electron chi connectivity index (χ0n) is 12.6. The molecule has 0 amide bonds. The van der Waals surface area contributed by atoms with E-state index >= 15 is 0 Å². The lowest BCUT2D eigenvalue weighted by molar-refractivity contribution is -0.137. The molecule has 2 N–H and O–H groups in total. The number of benzene rings is 2. The lowest BCUT2D eigenvalue weighted by Gasteiger charge is -2.07. The molecule has 8 heteroatoms. The van der Waals surface area contributed by atoms with Crippen molar-refractivity contribution in [2.24, 2.45) is 0 Å². The van der Waals surface area contributed by atoms with E-state index in [-0.39, 0.29) is 0 Å². The number of H-pyrrole nitrogens is 1. The number of rotatable bonds is 3. The average molecular weight is 360 g/mol. The van der Waals surface area contributed by atoms with Crippen molar-refractivity contribution in [1.29, 1.82) is 0 Å². The minimum atomic E-state index is -4.34. The van der Waals surface area contributed by atoms with E-state index in [1.807, 2.05) is 23.6 Å². The van der Waals surface area contributed by atoms with Crippen LogP contribution < -0.4 is 5.32 Å². The van der Waals surface area contributed by atoms with Crippen molar-refractivity contribution in [3.05, 3.63) is 59.6 Å². The highest BCUT2D eigenvalue weighted by atomic mass is 32.1. The maximum atomic E-state index is 12.6. The molecular weight excluding hydrogens is 349 g/mol. The van der Waals surface area contributed by atoms with Gasteiger partial charge in [-0.25, -0.2) is 9.97 Å². The Labute approximate surface area is 144 Å². The summed E-state index contributed by atoms with van der Waals surface area (Å²) in [6.07, 6.45) is -2.60. The zero-order chi connectivity index (χ0) is 17.4. The van der Waals surface area contributed by atoms with E-state index in [0.29, 0.717) is 11.6 Å². The van der Waals surface area contributed by atoms with Crippen LogP contribution in [-0.2, 0) is 6.18 Å². The first-order chi connectivity index (χ1) is 12.0. The second-order valence-electron chi connectivity index (χ2n) is 5.35. The molecule has 0 bridgehead atoms. The number of hydrogen-bond donors (Lipinski definition) is 2. The highest BCUT2D eigenvalue weighted by Crippen LogP contribution is 2.30. The van der Waals surface area contributed by atoms with Crippen molar-refractivity contribution < 1.29 is 13.2 Å². The van der Waals surface area contributed by atoms with Crippen molar-refractivity contribution in [2.75, 3.05) is 5.32 Å². The lowest BCUT2D eigenvalue weighted by Crippen LogP contribution is -2.04. The van der Waals surface area contributed by atoms with Crippen LogP contribution >= 0.6 is 11.3 Å². The number of alkyl halides is 3. The van der Waals surface area contributed by atoms with Crippen molar-refractivity contribution in [3.63, 3.8) is 0 Å². The summed E-state index contributed by atoms with van der Waals surface area (Å²) in [6, 6.07) is 10.6. The van der Waals surface area contributed by atoms with E-state index in [2.05, 4.69) is 20.3 Å². The molecule has 4 rings (SSSR count). The number of imidazole rings is 1. The second-order valence-corrected chi connectivity index (χ2v) is 6.25. The van der Waals surface area contributed by atoms with E-state index in [9.17, 15) is 13.2 Å². The molecule has 2 aromatic heterocycles. The Bertz CT molecular complexity index is 1000. The van der Waals surface area contributed by atoms with E-state index in [4.69, 9.17) is 0 Å². The molecule has 0 saturated carbocycles. The van der Waals surface area contributed by atoms with Crippen molar-refractivity contribution in [1.82, 2.24) is 15.0 Å². The number of hydrogen-bond acceptors (Lipinski definition) is 4. The summed E-state index contributed by atoms with van der Waals surface area (Å²) in [5.74, 6) is 0.464. The summed E-state index contributed by atoms with van der Waals surface area (Å²) in [6.45, 7) is 0. The number of halogens is 3. The van der Waals surface area contributed by atoms with Gasteiger partial charge in [-0.2, -0.15) is 13.2 Å². The molecule has 4 aromatic rings. The fourth-order valence-electron chi connectivity index (χ4n) is 2.45. The summed E-state index contributed by atoms with van der Waals surface area (Å²) in [7, 11) is 0. The smallest absolute Gasteiger partial charge is 0.326 e. The number of aromatic nitrogens is 3. The van der Waals surface area contributed by atoms with Gasteiger partial charge in [0.25, 0.3) is 0 Å². The molecule has 0 aliphatic carbocycles. The molecule has 0 unspecified atom stereocenters. The molecule has 0 saturated heterocycles. The number of thiazole rings is 1. The highest BCUT2D eigenvalue weighted by Gasteiger charge is 2.29. The third kappa shape index (κ3) is 3.20. The third-order valence-electron chi connectivity index (χ3n) is 3.64. The van der Waals surface area contributed by atoms with Crippen LogP contribution in [0.4, 0.5) is 24.8 Å². The standard InChI is InChI=1S/C17H11F3N4S/c18-17(19,20)11-2-4-12(5-3-11)22-16-23-13-6-1-10(9-14(13)24-16)15-21-7-8-25-15/h1-9H,(H2,22,23,24). The largest absolute Gasteiger partial charge is 0.416 e. The monoisotopic (exact) mass is 360 g/mol. The average Bonchev–Trinajstić information content (AvgIpc) is 3.23. The van der Waals surface area contributed by atoms with Gasteiger partial charge < -0.3 is 10.3 Å². The molecule has 0 spiro atoms. The van der Waals surface area contributed by atoms with Gasteiger partial charge in [-0.3, -0.25) is 0 Å². The third-order valence-corrected chi connectivity index (χ3v) is 4.46. The van der Waals surface area contributed by atoms with Crippen molar-refractivity contribution in [2.45, 2.75) is 6.18 Å². The van der Waals surface area contributed by atoms with E-state index in [0.717, 1.165) is 33.7 Å². The molecule has 126 valence electrons. The highest BCUT2D eigenvalue weighted by molar-refractivity contribution is 7.13. The minimum Gasteiger partial charge on any atom is -0.326 e. The van der Waals surface area contributed by atoms with E-state index in [1.54, 1.807) is 17.5 Å². The number of nitrogens with one attached hydrogen (secondary N) is 2. The Balaban J connectivity index is 1.59. The number of aromatic amines is 1. The first-order valence-electron chi connectivity index (χ1n) is 7.33. The fraction of sp³-hybridized carbons (Fsp3) is 0.0588. The molecule has 0 aliphatic rings. The van der Waals surface area contributed by atoms with Crippen LogP contribution in [0.2, 0.25) is 0 Å². The van der Waals surface area contributed by atoms with Gasteiger partial charge >= 0.3 is 6.18 Å². The first kappa shape index (κ1) is 15.6. The van der Waals surface area contributed by atoms with Crippen molar-refractivity contribution in [3.8, 4) is 10.6 Å². The van der Waals surface area contributed by atoms with Gasteiger partial charge in [-0.1, -0.05) is 0 Å². The maximum absolute atomic E-state index is 12.6. The molecule has 2 aromatic carbocycles. The van der Waals surface area contributed by atoms with Crippen LogP contribution in [0.15, 0.2) is 54.0 Å². The number of fused-ring (bicyclic) bond motifs is 1. The molecule has 2 heterocycles. The van der Waals surface area contributed by atoms with Gasteiger partial charge in [-0.05, 0) is 42.5 Å². The summed E-state index contributed by atoms with van der Waals surface area (Å²) in [5.41, 5.74) is 2.40. The molecule has 0 aliphatic heterocycles. The number of anilines is 2. The predicted octanol–water partition coefficient (Wildman–Crippen LogP) is 5.45. The molecule has 4 nitrogen and oxygen atoms in total. The Morgan fingerprint density at radius 3 is 2.52 bits per heavy atom. The van der Waals surface area contributed by atoms with E-state index < -0.39 is 11.7 Å². The molecular formula is C17H11F3N4S. The first-order valence-corrected chi connectivity index (χ1v) is 8.21. The maximum Gasteiger partial charge on any atom is 0.416 e. The summed E-state index contributed by atoms with van der Waals surface area (Å²) >= 11 is 1.54. The normalized spacial score (nSPS) is 11.8. The summed E-state index contributed by atoms with van der Waals surface area (Å²) in [5, 5.41) is 5.80. The van der Waals surface area contributed by atoms with Gasteiger partial charge in [0.2, 0.25) is 5.95 Å². The van der Waals surface area contributed by atoms with Crippen molar-refractivity contribution >= 4 is 34.0 Å². The molecule has 0 atom stereocenters. The second kappa shape index (κ2) is 5.89. The molecule has 25 heavy (non-hydrogen) atoms. The summed E-state index contributed by atoms with van der Waals surface area (Å²) in [4.78, 5) is 11.8. The van der Waals surface area contributed by atoms with Gasteiger partial charge in [0.15, 0.2) is 0 Å². The van der Waals surface area contributed by atoms with Gasteiger partial charge in [0.05, 0.1) is 16.6 Å². The van der Waals surface area contributed by atoms with Crippen LogP contribution in [0, 0.1) is 0 Å². The Hall–Kier alpha value is -2.87. The zero-order valence-corrected chi connectivity index (χ0v) is 13.4. The van der Waals surface area contributed by atoms with Gasteiger partial charge in [0.1, 0.15) is 5.01 Å². The number of nitrogens with zero attached hydrogens (tertiary/aromatic N) is 2. The van der Waals surface area contributed by atoms with Crippen LogP contribution in [-0.4, -0.2) is 15.0 Å². The van der Waals surface area contributed by atoms with E-state index in [1.165, 1.54) is 12.1 Å². The Kier molecular flexibility index (Phi) is 3.69. The predicted molar refractivity (Wildman–Crippen MR) is 91.9 cm³/mol. The van der Waals surface area contributed by atoms with Crippen LogP contribution in [0.25, 0.3) is 21.6 Å². The molecule has 0 radical (unpaired) electrons. The molecule has 0 fully saturated rings.